The Bertz CT molecular complexity index is 431. The van der Waals surface area contributed by atoms with Crippen LogP contribution in [0.25, 0.3) is 0 Å². The van der Waals surface area contributed by atoms with Gasteiger partial charge in [-0.25, -0.2) is 0 Å². The Morgan fingerprint density at radius 1 is 1.14 bits per heavy atom. The summed E-state index contributed by atoms with van der Waals surface area (Å²) < 4.78 is 0. The maximum absolute atomic E-state index is 12.6. The van der Waals surface area contributed by atoms with Gasteiger partial charge in [-0.05, 0) is 37.6 Å². The van der Waals surface area contributed by atoms with Crippen molar-refractivity contribution < 1.29 is 4.79 Å². The number of rotatable bonds is 8. The molecule has 0 spiro atoms. The number of likely N-dealkylation sites (N-methyl/N-ethyl adjacent to an activating group) is 2. The first kappa shape index (κ1) is 17.7. The van der Waals surface area contributed by atoms with Crippen molar-refractivity contribution in [2.24, 2.45) is 11.1 Å². The standard InChI is InChI=1S/C17H29N3O/c1-5-19(14-17(3,4)13-18)12-16(21)20(6-2)15-10-8-7-9-11-15/h7-11H,5-6,12-14,18H2,1-4H3. The Hall–Kier alpha value is -1.39. The summed E-state index contributed by atoms with van der Waals surface area (Å²) in [6.07, 6.45) is 0. The molecule has 1 amide bonds. The van der Waals surface area contributed by atoms with Crippen molar-refractivity contribution in [1.29, 1.82) is 0 Å². The third kappa shape index (κ3) is 5.48. The molecule has 0 atom stereocenters. The topological polar surface area (TPSA) is 49.6 Å². The summed E-state index contributed by atoms with van der Waals surface area (Å²) in [7, 11) is 0. The molecule has 0 aliphatic carbocycles. The number of anilines is 1. The fourth-order valence-electron chi connectivity index (χ4n) is 2.34. The van der Waals surface area contributed by atoms with Gasteiger partial charge in [0.25, 0.3) is 0 Å². The highest BCUT2D eigenvalue weighted by molar-refractivity contribution is 5.94. The number of hydrogen-bond donors (Lipinski definition) is 1. The molecule has 4 nitrogen and oxygen atoms in total. The number of hydrogen-bond acceptors (Lipinski definition) is 3. The summed E-state index contributed by atoms with van der Waals surface area (Å²) in [5.74, 6) is 0.137. The van der Waals surface area contributed by atoms with Crippen LogP contribution in [0.1, 0.15) is 27.7 Å². The van der Waals surface area contributed by atoms with Gasteiger partial charge in [0, 0.05) is 18.8 Å². The Labute approximate surface area is 128 Å². The zero-order chi connectivity index (χ0) is 15.9. The van der Waals surface area contributed by atoms with Gasteiger partial charge in [-0.15, -0.1) is 0 Å². The van der Waals surface area contributed by atoms with Crippen LogP contribution >= 0.6 is 0 Å². The highest BCUT2D eigenvalue weighted by atomic mass is 16.2. The molecule has 1 aromatic carbocycles. The van der Waals surface area contributed by atoms with Gasteiger partial charge >= 0.3 is 0 Å². The predicted octanol–water partition coefficient (Wildman–Crippen LogP) is 2.35. The van der Waals surface area contributed by atoms with E-state index in [1.165, 1.54) is 0 Å². The van der Waals surface area contributed by atoms with E-state index in [-0.39, 0.29) is 11.3 Å². The van der Waals surface area contributed by atoms with Crippen LogP contribution in [0.3, 0.4) is 0 Å². The molecule has 0 saturated carbocycles. The van der Waals surface area contributed by atoms with E-state index in [1.54, 1.807) is 0 Å². The first-order valence-corrected chi connectivity index (χ1v) is 7.71. The summed E-state index contributed by atoms with van der Waals surface area (Å²) in [6.45, 7) is 11.8. The Kier molecular flexibility index (Phi) is 6.85. The van der Waals surface area contributed by atoms with Gasteiger partial charge in [0.15, 0.2) is 0 Å². The molecular weight excluding hydrogens is 262 g/mol. The minimum Gasteiger partial charge on any atom is -0.330 e. The van der Waals surface area contributed by atoms with E-state index >= 15 is 0 Å². The molecule has 0 saturated heterocycles. The molecule has 1 aromatic rings. The predicted molar refractivity (Wildman–Crippen MR) is 89.4 cm³/mol. The second kappa shape index (κ2) is 8.15. The summed E-state index contributed by atoms with van der Waals surface area (Å²) >= 11 is 0. The smallest absolute Gasteiger partial charge is 0.241 e. The number of carbonyl (C=O) groups excluding carboxylic acids is 1. The summed E-state index contributed by atoms with van der Waals surface area (Å²) in [4.78, 5) is 16.6. The lowest BCUT2D eigenvalue weighted by Crippen LogP contribution is -2.45. The van der Waals surface area contributed by atoms with E-state index in [0.29, 0.717) is 19.6 Å². The van der Waals surface area contributed by atoms with Crippen LogP contribution in [0.15, 0.2) is 30.3 Å². The van der Waals surface area contributed by atoms with Crippen LogP contribution in [0.5, 0.6) is 0 Å². The van der Waals surface area contributed by atoms with Crippen molar-refractivity contribution in [2.75, 3.05) is 37.6 Å². The van der Waals surface area contributed by atoms with Crippen LogP contribution in [0, 0.1) is 5.41 Å². The normalized spacial score (nSPS) is 11.7. The minimum absolute atomic E-state index is 0.0279. The highest BCUT2D eigenvalue weighted by Crippen LogP contribution is 2.16. The van der Waals surface area contributed by atoms with Crippen molar-refractivity contribution in [3.05, 3.63) is 30.3 Å². The molecule has 1 rings (SSSR count). The van der Waals surface area contributed by atoms with Gasteiger partial charge < -0.3 is 10.6 Å². The monoisotopic (exact) mass is 291 g/mol. The number of benzene rings is 1. The molecule has 4 heteroatoms. The molecule has 0 radical (unpaired) electrons. The zero-order valence-corrected chi connectivity index (χ0v) is 13.8. The molecule has 21 heavy (non-hydrogen) atoms. The van der Waals surface area contributed by atoms with Crippen molar-refractivity contribution in [3.8, 4) is 0 Å². The zero-order valence-electron chi connectivity index (χ0n) is 13.8. The second-order valence-corrected chi connectivity index (χ2v) is 6.15. The minimum atomic E-state index is 0.0279. The fraction of sp³-hybridized carbons (Fsp3) is 0.588. The average molecular weight is 291 g/mol. The van der Waals surface area contributed by atoms with Crippen LogP contribution < -0.4 is 10.6 Å². The average Bonchev–Trinajstić information content (AvgIpc) is 2.48. The van der Waals surface area contributed by atoms with E-state index in [2.05, 4.69) is 25.7 Å². The lowest BCUT2D eigenvalue weighted by molar-refractivity contribution is -0.119. The van der Waals surface area contributed by atoms with Crippen molar-refractivity contribution in [1.82, 2.24) is 4.90 Å². The molecule has 0 aliphatic rings. The van der Waals surface area contributed by atoms with E-state index in [1.807, 2.05) is 42.2 Å². The van der Waals surface area contributed by atoms with Crippen molar-refractivity contribution >= 4 is 11.6 Å². The van der Waals surface area contributed by atoms with Crippen LogP contribution in [0.4, 0.5) is 5.69 Å². The highest BCUT2D eigenvalue weighted by Gasteiger charge is 2.23. The summed E-state index contributed by atoms with van der Waals surface area (Å²) in [5.41, 5.74) is 6.78. The van der Waals surface area contributed by atoms with E-state index in [0.717, 1.165) is 18.8 Å². The van der Waals surface area contributed by atoms with E-state index < -0.39 is 0 Å². The molecular formula is C17H29N3O. The molecule has 0 unspecified atom stereocenters. The van der Waals surface area contributed by atoms with E-state index in [9.17, 15) is 4.79 Å². The Balaban J connectivity index is 2.72. The number of para-hydroxylation sites is 1. The lowest BCUT2D eigenvalue weighted by Gasteiger charge is -2.32. The SMILES string of the molecule is CCN(CC(=O)N(CC)c1ccccc1)CC(C)(C)CN. The quantitative estimate of drug-likeness (QED) is 0.800. The molecule has 2 N–H and O–H groups in total. The van der Waals surface area contributed by atoms with E-state index in [4.69, 9.17) is 5.73 Å². The van der Waals surface area contributed by atoms with Crippen LogP contribution in [-0.2, 0) is 4.79 Å². The van der Waals surface area contributed by atoms with Crippen molar-refractivity contribution in [2.45, 2.75) is 27.7 Å². The molecule has 0 aromatic heterocycles. The molecule has 0 heterocycles. The van der Waals surface area contributed by atoms with Crippen LogP contribution in [0.2, 0.25) is 0 Å². The molecule has 0 aliphatic heterocycles. The number of nitrogens with two attached hydrogens (primary N) is 1. The number of carbonyl (C=O) groups is 1. The summed E-state index contributed by atoms with van der Waals surface area (Å²) in [5, 5.41) is 0. The first-order valence-electron chi connectivity index (χ1n) is 7.71. The van der Waals surface area contributed by atoms with Gasteiger partial charge in [-0.1, -0.05) is 39.0 Å². The van der Waals surface area contributed by atoms with Gasteiger partial charge in [0.05, 0.1) is 6.54 Å². The van der Waals surface area contributed by atoms with Gasteiger partial charge in [-0.2, -0.15) is 0 Å². The third-order valence-corrected chi connectivity index (χ3v) is 3.70. The maximum Gasteiger partial charge on any atom is 0.241 e. The molecule has 0 bridgehead atoms. The largest absolute Gasteiger partial charge is 0.330 e. The second-order valence-electron chi connectivity index (χ2n) is 6.15. The number of nitrogens with zero attached hydrogens (tertiary/aromatic N) is 2. The van der Waals surface area contributed by atoms with Crippen molar-refractivity contribution in [3.63, 3.8) is 0 Å². The van der Waals surface area contributed by atoms with Crippen LogP contribution in [-0.4, -0.2) is 43.5 Å². The Morgan fingerprint density at radius 3 is 2.24 bits per heavy atom. The lowest BCUT2D eigenvalue weighted by atomic mass is 9.93. The Morgan fingerprint density at radius 2 is 1.76 bits per heavy atom. The first-order chi connectivity index (χ1) is 9.93. The van der Waals surface area contributed by atoms with Gasteiger partial charge in [0.1, 0.15) is 0 Å². The maximum atomic E-state index is 12.6. The fourth-order valence-corrected chi connectivity index (χ4v) is 2.34. The molecule has 0 fully saturated rings. The number of amides is 1. The van der Waals surface area contributed by atoms with Gasteiger partial charge in [0.2, 0.25) is 5.91 Å². The van der Waals surface area contributed by atoms with Gasteiger partial charge in [-0.3, -0.25) is 9.69 Å². The summed E-state index contributed by atoms with van der Waals surface area (Å²) in [6, 6.07) is 9.83. The third-order valence-electron chi connectivity index (χ3n) is 3.70. The molecule has 118 valence electrons.